The van der Waals surface area contributed by atoms with E-state index in [2.05, 4.69) is 20.9 Å². The van der Waals surface area contributed by atoms with Crippen molar-refractivity contribution in [3.8, 4) is 11.5 Å². The lowest BCUT2D eigenvalue weighted by Gasteiger charge is -2.15. The van der Waals surface area contributed by atoms with Crippen LogP contribution in [0, 0.1) is 0 Å². The van der Waals surface area contributed by atoms with Crippen LogP contribution in [0.2, 0.25) is 0 Å². The van der Waals surface area contributed by atoms with E-state index in [1.165, 1.54) is 12.5 Å². The van der Waals surface area contributed by atoms with Gasteiger partial charge in [-0.2, -0.15) is 0 Å². The first-order valence-corrected chi connectivity index (χ1v) is 9.20. The van der Waals surface area contributed by atoms with E-state index in [1.807, 2.05) is 49.4 Å². The van der Waals surface area contributed by atoms with Crippen molar-refractivity contribution in [2.45, 2.75) is 20.3 Å². The molecule has 2 aromatic rings. The SMILES string of the molecule is CCOc1cc(NC(=NC)NCCc2ccc(NC(C)=O)cc2)ccc1OC. The zero-order valence-electron chi connectivity index (χ0n) is 16.8. The zero-order chi connectivity index (χ0) is 20.4. The molecule has 0 fully saturated rings. The lowest BCUT2D eigenvalue weighted by Crippen LogP contribution is -2.32. The average Bonchev–Trinajstić information content (AvgIpc) is 2.68. The average molecular weight is 384 g/mol. The smallest absolute Gasteiger partial charge is 0.221 e. The van der Waals surface area contributed by atoms with Gasteiger partial charge in [0.2, 0.25) is 5.91 Å². The van der Waals surface area contributed by atoms with Crippen LogP contribution in [0.5, 0.6) is 11.5 Å². The molecule has 0 spiro atoms. The Morgan fingerprint density at radius 2 is 1.75 bits per heavy atom. The van der Waals surface area contributed by atoms with Crippen molar-refractivity contribution in [1.82, 2.24) is 5.32 Å². The van der Waals surface area contributed by atoms with Gasteiger partial charge in [0.15, 0.2) is 17.5 Å². The molecule has 0 atom stereocenters. The number of aliphatic imine (C=N–C) groups is 1. The Bertz CT molecular complexity index is 804. The van der Waals surface area contributed by atoms with Gasteiger partial charge in [0.1, 0.15) is 0 Å². The molecule has 0 bridgehead atoms. The third-order valence-electron chi connectivity index (χ3n) is 3.93. The third kappa shape index (κ3) is 6.50. The van der Waals surface area contributed by atoms with Gasteiger partial charge in [-0.25, -0.2) is 0 Å². The standard InChI is InChI=1S/C21H28N4O3/c1-5-28-20-14-18(10-11-19(20)27-4)25-21(22-3)23-13-12-16-6-8-17(9-7-16)24-15(2)26/h6-11,14H,5,12-13H2,1-4H3,(H,24,26)(H2,22,23,25). The molecule has 0 radical (unpaired) electrons. The zero-order valence-corrected chi connectivity index (χ0v) is 16.8. The molecular formula is C21H28N4O3. The summed E-state index contributed by atoms with van der Waals surface area (Å²) in [5, 5.41) is 9.30. The quantitative estimate of drug-likeness (QED) is 0.480. The van der Waals surface area contributed by atoms with Gasteiger partial charge in [-0.05, 0) is 43.2 Å². The summed E-state index contributed by atoms with van der Waals surface area (Å²) in [4.78, 5) is 15.3. The lowest BCUT2D eigenvalue weighted by molar-refractivity contribution is -0.114. The van der Waals surface area contributed by atoms with Gasteiger partial charge in [-0.15, -0.1) is 0 Å². The summed E-state index contributed by atoms with van der Waals surface area (Å²) < 4.78 is 10.9. The molecule has 0 unspecified atom stereocenters. The molecule has 0 heterocycles. The maximum absolute atomic E-state index is 11.1. The number of nitrogens with zero attached hydrogens (tertiary/aromatic N) is 1. The van der Waals surface area contributed by atoms with Gasteiger partial charge >= 0.3 is 0 Å². The van der Waals surface area contributed by atoms with E-state index in [-0.39, 0.29) is 5.91 Å². The number of carbonyl (C=O) groups is 1. The first-order valence-electron chi connectivity index (χ1n) is 9.20. The molecule has 2 aromatic carbocycles. The number of ether oxygens (including phenoxy) is 2. The molecule has 2 rings (SSSR count). The number of hydrogen-bond acceptors (Lipinski definition) is 4. The fraction of sp³-hybridized carbons (Fsp3) is 0.333. The maximum atomic E-state index is 11.1. The number of carbonyl (C=O) groups excluding carboxylic acids is 1. The van der Waals surface area contributed by atoms with Crippen LogP contribution in [0.1, 0.15) is 19.4 Å². The topological polar surface area (TPSA) is 84.0 Å². The van der Waals surface area contributed by atoms with Gasteiger partial charge in [0.25, 0.3) is 0 Å². The monoisotopic (exact) mass is 384 g/mol. The Balaban J connectivity index is 1.89. The number of guanidine groups is 1. The molecule has 3 N–H and O–H groups in total. The molecule has 7 nitrogen and oxygen atoms in total. The highest BCUT2D eigenvalue weighted by atomic mass is 16.5. The van der Waals surface area contributed by atoms with Crippen molar-refractivity contribution in [3.05, 3.63) is 48.0 Å². The minimum atomic E-state index is -0.0738. The second-order valence-electron chi connectivity index (χ2n) is 6.05. The molecule has 28 heavy (non-hydrogen) atoms. The van der Waals surface area contributed by atoms with Gasteiger partial charge in [0, 0.05) is 38.0 Å². The van der Waals surface area contributed by atoms with Crippen LogP contribution < -0.4 is 25.4 Å². The molecule has 0 aliphatic rings. The minimum absolute atomic E-state index is 0.0738. The Morgan fingerprint density at radius 1 is 1.04 bits per heavy atom. The van der Waals surface area contributed by atoms with E-state index in [0.717, 1.165) is 17.8 Å². The normalized spacial score (nSPS) is 10.9. The summed E-state index contributed by atoms with van der Waals surface area (Å²) in [6, 6.07) is 13.5. The van der Waals surface area contributed by atoms with Crippen molar-refractivity contribution in [1.29, 1.82) is 0 Å². The Kier molecular flexibility index (Phi) is 8.14. The van der Waals surface area contributed by atoms with Crippen LogP contribution in [-0.2, 0) is 11.2 Å². The van der Waals surface area contributed by atoms with Gasteiger partial charge < -0.3 is 25.4 Å². The number of rotatable bonds is 8. The van der Waals surface area contributed by atoms with Crippen LogP contribution in [0.15, 0.2) is 47.5 Å². The number of benzene rings is 2. The highest BCUT2D eigenvalue weighted by molar-refractivity contribution is 5.93. The second-order valence-corrected chi connectivity index (χ2v) is 6.05. The Morgan fingerprint density at radius 3 is 2.36 bits per heavy atom. The van der Waals surface area contributed by atoms with Crippen LogP contribution in [-0.4, -0.2) is 39.2 Å². The lowest BCUT2D eigenvalue weighted by atomic mass is 10.1. The van der Waals surface area contributed by atoms with Crippen molar-refractivity contribution < 1.29 is 14.3 Å². The predicted octanol–water partition coefficient (Wildman–Crippen LogP) is 3.28. The largest absolute Gasteiger partial charge is 0.493 e. The number of anilines is 2. The summed E-state index contributed by atoms with van der Waals surface area (Å²) in [7, 11) is 3.35. The number of hydrogen-bond donors (Lipinski definition) is 3. The minimum Gasteiger partial charge on any atom is -0.493 e. The summed E-state index contributed by atoms with van der Waals surface area (Å²) in [6.45, 7) is 4.71. The highest BCUT2D eigenvalue weighted by Gasteiger charge is 2.07. The summed E-state index contributed by atoms with van der Waals surface area (Å²) in [6.07, 6.45) is 0.827. The molecular weight excluding hydrogens is 356 g/mol. The number of amides is 1. The number of methoxy groups -OCH3 is 1. The van der Waals surface area contributed by atoms with Gasteiger partial charge in [-0.3, -0.25) is 9.79 Å². The van der Waals surface area contributed by atoms with Crippen LogP contribution in [0.25, 0.3) is 0 Å². The van der Waals surface area contributed by atoms with E-state index in [4.69, 9.17) is 9.47 Å². The first kappa shape index (κ1) is 21.1. The second kappa shape index (κ2) is 10.8. The van der Waals surface area contributed by atoms with E-state index in [1.54, 1.807) is 14.2 Å². The van der Waals surface area contributed by atoms with Gasteiger partial charge in [-0.1, -0.05) is 12.1 Å². The van der Waals surface area contributed by atoms with Crippen LogP contribution >= 0.6 is 0 Å². The van der Waals surface area contributed by atoms with E-state index in [9.17, 15) is 4.79 Å². The van der Waals surface area contributed by atoms with Crippen molar-refractivity contribution >= 4 is 23.2 Å². The molecule has 1 amide bonds. The van der Waals surface area contributed by atoms with Crippen LogP contribution in [0.3, 0.4) is 0 Å². The highest BCUT2D eigenvalue weighted by Crippen LogP contribution is 2.30. The van der Waals surface area contributed by atoms with E-state index < -0.39 is 0 Å². The Labute approximate surface area is 166 Å². The fourth-order valence-electron chi connectivity index (χ4n) is 2.62. The van der Waals surface area contributed by atoms with Crippen molar-refractivity contribution in [2.24, 2.45) is 4.99 Å². The Hall–Kier alpha value is -3.22. The first-order chi connectivity index (χ1) is 13.5. The molecule has 0 saturated carbocycles. The predicted molar refractivity (Wildman–Crippen MR) is 114 cm³/mol. The molecule has 0 saturated heterocycles. The summed E-state index contributed by atoms with van der Waals surface area (Å²) >= 11 is 0. The molecule has 7 heteroatoms. The maximum Gasteiger partial charge on any atom is 0.221 e. The van der Waals surface area contributed by atoms with Crippen LogP contribution in [0.4, 0.5) is 11.4 Å². The van der Waals surface area contributed by atoms with Crippen molar-refractivity contribution in [3.63, 3.8) is 0 Å². The number of nitrogens with one attached hydrogen (secondary N) is 3. The molecule has 0 aromatic heterocycles. The summed E-state index contributed by atoms with van der Waals surface area (Å²) in [5.41, 5.74) is 2.82. The molecule has 0 aliphatic heterocycles. The molecule has 0 aliphatic carbocycles. The molecule has 150 valence electrons. The van der Waals surface area contributed by atoms with E-state index >= 15 is 0 Å². The van der Waals surface area contributed by atoms with Gasteiger partial charge in [0.05, 0.1) is 13.7 Å². The van der Waals surface area contributed by atoms with Crippen molar-refractivity contribution in [2.75, 3.05) is 37.9 Å². The third-order valence-corrected chi connectivity index (χ3v) is 3.93. The summed E-state index contributed by atoms with van der Waals surface area (Å²) in [5.74, 6) is 1.97. The van der Waals surface area contributed by atoms with E-state index in [0.29, 0.717) is 30.6 Å². The fourth-order valence-corrected chi connectivity index (χ4v) is 2.62.